The molecule has 4 heteroatoms. The SMILES string of the molecule is CCOCCNCCSc1cccs1. The predicted molar refractivity (Wildman–Crippen MR) is 64.4 cm³/mol. The number of ether oxygens (including phenoxy) is 1. The van der Waals surface area contributed by atoms with Gasteiger partial charge < -0.3 is 10.1 Å². The molecule has 1 N–H and O–H groups in total. The second-order valence-electron chi connectivity index (χ2n) is 2.73. The first-order valence-electron chi connectivity index (χ1n) is 4.88. The van der Waals surface area contributed by atoms with Gasteiger partial charge in [0, 0.05) is 25.4 Å². The van der Waals surface area contributed by atoms with Crippen molar-refractivity contribution in [3.8, 4) is 0 Å². The third kappa shape index (κ3) is 5.65. The molecule has 0 aliphatic heterocycles. The highest BCUT2D eigenvalue weighted by Gasteiger charge is 1.93. The van der Waals surface area contributed by atoms with E-state index in [9.17, 15) is 0 Å². The van der Waals surface area contributed by atoms with Crippen LogP contribution in [0.5, 0.6) is 0 Å². The molecule has 1 heterocycles. The van der Waals surface area contributed by atoms with Gasteiger partial charge in [0.15, 0.2) is 0 Å². The summed E-state index contributed by atoms with van der Waals surface area (Å²) in [5.74, 6) is 1.13. The van der Waals surface area contributed by atoms with E-state index in [0.29, 0.717) is 0 Å². The normalized spacial score (nSPS) is 10.6. The van der Waals surface area contributed by atoms with Crippen molar-refractivity contribution in [1.82, 2.24) is 5.32 Å². The first-order chi connectivity index (χ1) is 6.93. The van der Waals surface area contributed by atoms with Crippen molar-refractivity contribution in [3.05, 3.63) is 17.5 Å². The maximum absolute atomic E-state index is 5.22. The summed E-state index contributed by atoms with van der Waals surface area (Å²) in [6, 6.07) is 4.26. The van der Waals surface area contributed by atoms with E-state index in [1.54, 1.807) is 11.3 Å². The van der Waals surface area contributed by atoms with Crippen molar-refractivity contribution >= 4 is 23.1 Å². The standard InChI is InChI=1S/C10H17NOS2/c1-2-12-7-5-11-6-9-14-10-4-3-8-13-10/h3-4,8,11H,2,5-7,9H2,1H3. The van der Waals surface area contributed by atoms with E-state index in [1.165, 1.54) is 4.21 Å². The van der Waals surface area contributed by atoms with E-state index in [1.807, 2.05) is 18.7 Å². The molecule has 0 bridgehead atoms. The van der Waals surface area contributed by atoms with Crippen LogP contribution in [-0.4, -0.2) is 32.1 Å². The Bertz CT molecular complexity index is 214. The van der Waals surface area contributed by atoms with Crippen LogP contribution in [-0.2, 0) is 4.74 Å². The van der Waals surface area contributed by atoms with Gasteiger partial charge in [0.05, 0.1) is 10.8 Å². The first kappa shape index (κ1) is 12.0. The van der Waals surface area contributed by atoms with Crippen molar-refractivity contribution in [2.24, 2.45) is 0 Å². The predicted octanol–water partition coefficient (Wildman–Crippen LogP) is 2.47. The molecule has 0 aliphatic rings. The number of hydrogen-bond acceptors (Lipinski definition) is 4. The number of nitrogens with one attached hydrogen (secondary N) is 1. The molecule has 0 spiro atoms. The number of hydrogen-bond donors (Lipinski definition) is 1. The Morgan fingerprint density at radius 2 is 2.43 bits per heavy atom. The summed E-state index contributed by atoms with van der Waals surface area (Å²) in [5.41, 5.74) is 0. The largest absolute Gasteiger partial charge is 0.380 e. The third-order valence-corrected chi connectivity index (χ3v) is 3.78. The Balaban J connectivity index is 1.85. The highest BCUT2D eigenvalue weighted by molar-refractivity contribution is 8.01. The second-order valence-corrected chi connectivity index (χ2v) is 5.07. The summed E-state index contributed by atoms with van der Waals surface area (Å²) in [6.07, 6.45) is 0. The fraction of sp³-hybridized carbons (Fsp3) is 0.600. The van der Waals surface area contributed by atoms with Crippen molar-refractivity contribution < 1.29 is 4.74 Å². The minimum absolute atomic E-state index is 0.811. The van der Waals surface area contributed by atoms with Crippen molar-refractivity contribution in [2.45, 2.75) is 11.1 Å². The molecule has 0 aliphatic carbocycles. The van der Waals surface area contributed by atoms with Crippen molar-refractivity contribution in [1.29, 1.82) is 0 Å². The van der Waals surface area contributed by atoms with Gasteiger partial charge in [0.2, 0.25) is 0 Å². The van der Waals surface area contributed by atoms with Crippen molar-refractivity contribution in [2.75, 3.05) is 32.1 Å². The molecular formula is C10H17NOS2. The molecule has 0 saturated heterocycles. The number of thioether (sulfide) groups is 1. The summed E-state index contributed by atoms with van der Waals surface area (Å²) in [5, 5.41) is 5.46. The second kappa shape index (κ2) is 8.29. The van der Waals surface area contributed by atoms with Gasteiger partial charge in [0.25, 0.3) is 0 Å². The van der Waals surface area contributed by atoms with Crippen LogP contribution in [0.3, 0.4) is 0 Å². The fourth-order valence-electron chi connectivity index (χ4n) is 0.983. The van der Waals surface area contributed by atoms with Crippen LogP contribution in [0.15, 0.2) is 21.7 Å². The van der Waals surface area contributed by atoms with E-state index >= 15 is 0 Å². The van der Waals surface area contributed by atoms with Crippen LogP contribution in [0.25, 0.3) is 0 Å². The first-order valence-corrected chi connectivity index (χ1v) is 6.74. The fourth-order valence-corrected chi connectivity index (χ4v) is 2.74. The molecule has 0 fully saturated rings. The average Bonchev–Trinajstić information content (AvgIpc) is 2.69. The van der Waals surface area contributed by atoms with Gasteiger partial charge in [-0.2, -0.15) is 0 Å². The molecule has 0 unspecified atom stereocenters. The molecule has 2 nitrogen and oxygen atoms in total. The molecule has 0 radical (unpaired) electrons. The molecule has 80 valence electrons. The molecule has 1 aromatic rings. The Labute approximate surface area is 94.0 Å². The van der Waals surface area contributed by atoms with E-state index in [4.69, 9.17) is 4.74 Å². The molecule has 14 heavy (non-hydrogen) atoms. The lowest BCUT2D eigenvalue weighted by molar-refractivity contribution is 0.150. The highest BCUT2D eigenvalue weighted by Crippen LogP contribution is 2.22. The third-order valence-electron chi connectivity index (χ3n) is 1.65. The van der Waals surface area contributed by atoms with Gasteiger partial charge in [-0.1, -0.05) is 6.07 Å². The van der Waals surface area contributed by atoms with Crippen molar-refractivity contribution in [3.63, 3.8) is 0 Å². The lowest BCUT2D eigenvalue weighted by Crippen LogP contribution is -2.22. The van der Waals surface area contributed by atoms with Gasteiger partial charge in [-0.05, 0) is 18.4 Å². The molecule has 0 saturated carbocycles. The molecule has 0 aromatic carbocycles. The minimum atomic E-state index is 0.811. The Morgan fingerprint density at radius 1 is 1.50 bits per heavy atom. The van der Waals surface area contributed by atoms with Gasteiger partial charge in [0.1, 0.15) is 0 Å². The lowest BCUT2D eigenvalue weighted by atomic mass is 10.6. The van der Waals surface area contributed by atoms with Crippen LogP contribution in [0.1, 0.15) is 6.92 Å². The molecule has 0 amide bonds. The van der Waals surface area contributed by atoms with E-state index in [2.05, 4.69) is 22.8 Å². The quantitative estimate of drug-likeness (QED) is 0.548. The Morgan fingerprint density at radius 3 is 3.14 bits per heavy atom. The summed E-state index contributed by atoms with van der Waals surface area (Å²) < 4.78 is 6.62. The topological polar surface area (TPSA) is 21.3 Å². The maximum Gasteiger partial charge on any atom is 0.0598 e. The van der Waals surface area contributed by atoms with E-state index in [0.717, 1.165) is 32.1 Å². The number of thiophene rings is 1. The smallest absolute Gasteiger partial charge is 0.0598 e. The molecule has 1 aromatic heterocycles. The van der Waals surface area contributed by atoms with Crippen LogP contribution in [0, 0.1) is 0 Å². The zero-order valence-corrected chi connectivity index (χ0v) is 10.1. The molecule has 1 rings (SSSR count). The zero-order valence-electron chi connectivity index (χ0n) is 8.49. The lowest BCUT2D eigenvalue weighted by Gasteiger charge is -2.03. The van der Waals surface area contributed by atoms with E-state index < -0.39 is 0 Å². The van der Waals surface area contributed by atoms with Gasteiger partial charge >= 0.3 is 0 Å². The molecular weight excluding hydrogens is 214 g/mol. The monoisotopic (exact) mass is 231 g/mol. The minimum Gasteiger partial charge on any atom is -0.380 e. The maximum atomic E-state index is 5.22. The molecule has 0 atom stereocenters. The summed E-state index contributed by atoms with van der Waals surface area (Å²) in [4.78, 5) is 0. The summed E-state index contributed by atoms with van der Waals surface area (Å²) in [6.45, 7) is 5.66. The van der Waals surface area contributed by atoms with Crippen LogP contribution < -0.4 is 5.32 Å². The Kier molecular flexibility index (Phi) is 7.13. The highest BCUT2D eigenvalue weighted by atomic mass is 32.2. The summed E-state index contributed by atoms with van der Waals surface area (Å²) >= 11 is 3.71. The van der Waals surface area contributed by atoms with Crippen LogP contribution in [0.2, 0.25) is 0 Å². The Hall–Kier alpha value is -0.0300. The van der Waals surface area contributed by atoms with Gasteiger partial charge in [-0.15, -0.1) is 23.1 Å². The van der Waals surface area contributed by atoms with Crippen LogP contribution in [0.4, 0.5) is 0 Å². The average molecular weight is 231 g/mol. The van der Waals surface area contributed by atoms with E-state index in [-0.39, 0.29) is 0 Å². The number of rotatable bonds is 8. The zero-order chi connectivity index (χ0) is 10.1. The van der Waals surface area contributed by atoms with Crippen LogP contribution >= 0.6 is 23.1 Å². The summed E-state index contributed by atoms with van der Waals surface area (Å²) in [7, 11) is 0. The van der Waals surface area contributed by atoms with Gasteiger partial charge in [-0.3, -0.25) is 0 Å². The van der Waals surface area contributed by atoms with Gasteiger partial charge in [-0.25, -0.2) is 0 Å².